The lowest BCUT2D eigenvalue weighted by Crippen LogP contribution is -2.17. The molecule has 0 aliphatic rings. The second-order valence-corrected chi connectivity index (χ2v) is 6.10. The fraction of sp³-hybridized carbons (Fsp3) is 0.158. The summed E-state index contributed by atoms with van der Waals surface area (Å²) >= 11 is 3.71. The van der Waals surface area contributed by atoms with Crippen LogP contribution in [0.2, 0.25) is 0 Å². The number of ether oxygens (including phenoxy) is 1. The van der Waals surface area contributed by atoms with E-state index < -0.39 is 0 Å². The van der Waals surface area contributed by atoms with Crippen molar-refractivity contribution in [3.63, 3.8) is 0 Å². The quantitative estimate of drug-likeness (QED) is 0.633. The first-order valence-electron chi connectivity index (χ1n) is 7.21. The molecular weight excluding hydrogens is 338 g/mol. The monoisotopic (exact) mass is 355 g/mol. The fourth-order valence-corrected chi connectivity index (χ4v) is 3.53. The molecule has 0 heterocycles. The highest BCUT2D eigenvalue weighted by molar-refractivity contribution is 9.10. The highest BCUT2D eigenvalue weighted by Crippen LogP contribution is 2.41. The van der Waals surface area contributed by atoms with Crippen molar-refractivity contribution in [1.29, 1.82) is 0 Å². The summed E-state index contributed by atoms with van der Waals surface area (Å²) in [6.07, 6.45) is 0. The first-order chi connectivity index (χ1) is 10.7. The molecule has 3 rings (SSSR count). The molecule has 112 valence electrons. The topological polar surface area (TPSA) is 12.5 Å². The molecular formula is C19H18BrNO. The van der Waals surface area contributed by atoms with Gasteiger partial charge in [0.25, 0.3) is 0 Å². The first-order valence-corrected chi connectivity index (χ1v) is 8.00. The smallest absolute Gasteiger partial charge is 0.135 e. The van der Waals surface area contributed by atoms with Crippen molar-refractivity contribution in [2.75, 3.05) is 19.1 Å². The molecule has 0 unspecified atom stereocenters. The molecule has 0 aromatic heterocycles. The predicted octanol–water partition coefficient (Wildman–Crippen LogP) is 5.25. The number of halogens is 1. The number of hydrogen-bond acceptors (Lipinski definition) is 2. The molecule has 0 fully saturated rings. The van der Waals surface area contributed by atoms with Crippen LogP contribution in [-0.2, 0) is 6.54 Å². The molecule has 0 radical (unpaired) electrons. The van der Waals surface area contributed by atoms with Gasteiger partial charge in [-0.05, 0) is 32.9 Å². The highest BCUT2D eigenvalue weighted by atomic mass is 79.9. The van der Waals surface area contributed by atoms with Gasteiger partial charge >= 0.3 is 0 Å². The van der Waals surface area contributed by atoms with Gasteiger partial charge in [-0.3, -0.25) is 0 Å². The van der Waals surface area contributed by atoms with Crippen molar-refractivity contribution in [2.24, 2.45) is 0 Å². The predicted molar refractivity (Wildman–Crippen MR) is 96.7 cm³/mol. The van der Waals surface area contributed by atoms with E-state index in [4.69, 9.17) is 4.74 Å². The zero-order valence-electron chi connectivity index (χ0n) is 12.7. The lowest BCUT2D eigenvalue weighted by atomic mass is 10.1. The number of benzene rings is 3. The van der Waals surface area contributed by atoms with Crippen LogP contribution < -0.4 is 9.64 Å². The summed E-state index contributed by atoms with van der Waals surface area (Å²) in [6, 6.07) is 20.9. The third-order valence-corrected chi connectivity index (χ3v) is 4.56. The summed E-state index contributed by atoms with van der Waals surface area (Å²) in [7, 11) is 3.81. The Balaban J connectivity index is 2.10. The van der Waals surface area contributed by atoms with Crippen LogP contribution in [0.4, 0.5) is 5.69 Å². The maximum absolute atomic E-state index is 5.52. The van der Waals surface area contributed by atoms with Crippen LogP contribution in [0, 0.1) is 0 Å². The third-order valence-electron chi connectivity index (χ3n) is 3.79. The van der Waals surface area contributed by atoms with Crippen molar-refractivity contribution < 1.29 is 4.74 Å². The van der Waals surface area contributed by atoms with E-state index in [0.717, 1.165) is 22.5 Å². The van der Waals surface area contributed by atoms with Crippen molar-refractivity contribution in [3.05, 3.63) is 70.7 Å². The summed E-state index contributed by atoms with van der Waals surface area (Å²) in [5.41, 5.74) is 2.43. The van der Waals surface area contributed by atoms with Gasteiger partial charge in [0.2, 0.25) is 0 Å². The minimum atomic E-state index is 0.844. The Labute approximate surface area is 139 Å². The second kappa shape index (κ2) is 6.41. The van der Waals surface area contributed by atoms with E-state index in [2.05, 4.69) is 82.5 Å². The molecule has 2 nitrogen and oxygen atoms in total. The van der Waals surface area contributed by atoms with Crippen LogP contribution in [0.3, 0.4) is 0 Å². The van der Waals surface area contributed by atoms with Gasteiger partial charge < -0.3 is 9.64 Å². The molecule has 3 aromatic carbocycles. The van der Waals surface area contributed by atoms with Crippen LogP contribution in [0.5, 0.6) is 5.75 Å². The second-order valence-electron chi connectivity index (χ2n) is 5.30. The summed E-state index contributed by atoms with van der Waals surface area (Å²) in [5, 5.41) is 2.39. The molecule has 0 saturated heterocycles. The number of fused-ring (bicyclic) bond motifs is 1. The normalized spacial score (nSPS) is 10.7. The number of anilines is 1. The lowest BCUT2D eigenvalue weighted by molar-refractivity contribution is 0.413. The summed E-state index contributed by atoms with van der Waals surface area (Å²) in [6.45, 7) is 0.844. The van der Waals surface area contributed by atoms with Crippen molar-refractivity contribution >= 4 is 32.4 Å². The van der Waals surface area contributed by atoms with E-state index in [1.165, 1.54) is 16.3 Å². The maximum atomic E-state index is 5.52. The molecule has 0 N–H and O–H groups in total. The average molecular weight is 356 g/mol. The average Bonchev–Trinajstić information content (AvgIpc) is 2.55. The minimum absolute atomic E-state index is 0.844. The van der Waals surface area contributed by atoms with Crippen LogP contribution >= 0.6 is 15.9 Å². The van der Waals surface area contributed by atoms with Crippen molar-refractivity contribution in [3.8, 4) is 5.75 Å². The van der Waals surface area contributed by atoms with Crippen LogP contribution in [-0.4, -0.2) is 14.2 Å². The van der Waals surface area contributed by atoms with Gasteiger partial charge in [-0.2, -0.15) is 0 Å². The van der Waals surface area contributed by atoms with Gasteiger partial charge in [0, 0.05) is 19.0 Å². The number of nitrogens with zero attached hydrogens (tertiary/aromatic N) is 1. The molecule has 3 aromatic rings. The molecule has 0 spiro atoms. The van der Waals surface area contributed by atoms with Crippen LogP contribution in [0.25, 0.3) is 10.8 Å². The standard InChI is InChI=1S/C19H18BrNO/c1-21(13-14-8-4-3-5-9-14)19-16-11-7-6-10-15(16)12-17(22-2)18(19)20/h3-12H,13H2,1-2H3. The molecule has 0 aliphatic carbocycles. The molecule has 22 heavy (non-hydrogen) atoms. The minimum Gasteiger partial charge on any atom is -0.495 e. The Bertz CT molecular complexity index is 786. The zero-order valence-corrected chi connectivity index (χ0v) is 14.3. The Morgan fingerprint density at radius 3 is 2.41 bits per heavy atom. The van der Waals surface area contributed by atoms with Crippen molar-refractivity contribution in [2.45, 2.75) is 6.54 Å². The number of rotatable bonds is 4. The third kappa shape index (κ3) is 2.81. The molecule has 0 atom stereocenters. The summed E-state index contributed by atoms with van der Waals surface area (Å²) in [5.74, 6) is 0.855. The number of methoxy groups -OCH3 is 1. The largest absolute Gasteiger partial charge is 0.495 e. The van der Waals surface area contributed by atoms with Gasteiger partial charge in [0.05, 0.1) is 17.3 Å². The van der Waals surface area contributed by atoms with Crippen LogP contribution in [0.15, 0.2) is 65.1 Å². The molecule has 0 saturated carbocycles. The maximum Gasteiger partial charge on any atom is 0.135 e. The van der Waals surface area contributed by atoms with Crippen molar-refractivity contribution in [1.82, 2.24) is 0 Å². The zero-order chi connectivity index (χ0) is 15.5. The van der Waals surface area contributed by atoms with E-state index in [1.54, 1.807) is 7.11 Å². The Morgan fingerprint density at radius 1 is 1.00 bits per heavy atom. The van der Waals surface area contributed by atoms with E-state index in [1.807, 2.05) is 6.07 Å². The molecule has 0 bridgehead atoms. The van der Waals surface area contributed by atoms with E-state index in [-0.39, 0.29) is 0 Å². The molecule has 0 amide bonds. The molecule has 0 aliphatic heterocycles. The van der Waals surface area contributed by atoms with Crippen LogP contribution in [0.1, 0.15) is 5.56 Å². The van der Waals surface area contributed by atoms with E-state index in [9.17, 15) is 0 Å². The van der Waals surface area contributed by atoms with Gasteiger partial charge in [-0.15, -0.1) is 0 Å². The van der Waals surface area contributed by atoms with E-state index >= 15 is 0 Å². The number of hydrogen-bond donors (Lipinski definition) is 0. The van der Waals surface area contributed by atoms with Gasteiger partial charge in [-0.25, -0.2) is 0 Å². The Hall–Kier alpha value is -2.00. The summed E-state index contributed by atoms with van der Waals surface area (Å²) in [4.78, 5) is 2.25. The summed E-state index contributed by atoms with van der Waals surface area (Å²) < 4.78 is 6.51. The SMILES string of the molecule is COc1cc2ccccc2c(N(C)Cc2ccccc2)c1Br. The highest BCUT2D eigenvalue weighted by Gasteiger charge is 2.15. The lowest BCUT2D eigenvalue weighted by Gasteiger charge is -2.24. The van der Waals surface area contributed by atoms with E-state index in [0.29, 0.717) is 0 Å². The van der Waals surface area contributed by atoms with Gasteiger partial charge in [0.15, 0.2) is 0 Å². The Morgan fingerprint density at radius 2 is 1.68 bits per heavy atom. The van der Waals surface area contributed by atoms with Gasteiger partial charge in [0.1, 0.15) is 5.75 Å². The van der Waals surface area contributed by atoms with Gasteiger partial charge in [-0.1, -0.05) is 54.6 Å². The molecule has 3 heteroatoms. The first kappa shape index (κ1) is 14.9. The Kier molecular flexibility index (Phi) is 4.34. The fourth-order valence-electron chi connectivity index (χ4n) is 2.74.